The first-order chi connectivity index (χ1) is 9.61. The lowest BCUT2D eigenvalue weighted by molar-refractivity contribution is -0.124. The van der Waals surface area contributed by atoms with E-state index in [4.69, 9.17) is 5.73 Å². The SMILES string of the molecule is CNC(=O)c1ccc(NC(=O)C2(CN)CCCC2)cc1. The third-order valence-electron chi connectivity index (χ3n) is 4.07. The van der Waals surface area contributed by atoms with Gasteiger partial charge in [-0.25, -0.2) is 0 Å². The number of amides is 2. The maximum absolute atomic E-state index is 12.4. The van der Waals surface area contributed by atoms with Crippen LogP contribution in [-0.2, 0) is 4.79 Å². The van der Waals surface area contributed by atoms with Crippen molar-refractivity contribution < 1.29 is 9.59 Å². The number of anilines is 1. The van der Waals surface area contributed by atoms with Gasteiger partial charge in [0.2, 0.25) is 5.91 Å². The summed E-state index contributed by atoms with van der Waals surface area (Å²) in [6, 6.07) is 6.86. The number of rotatable bonds is 4. The minimum atomic E-state index is -0.417. The molecule has 108 valence electrons. The van der Waals surface area contributed by atoms with Gasteiger partial charge in [-0.3, -0.25) is 9.59 Å². The van der Waals surface area contributed by atoms with Gasteiger partial charge in [0.25, 0.3) is 5.91 Å². The van der Waals surface area contributed by atoms with Crippen molar-refractivity contribution in [2.24, 2.45) is 11.1 Å². The van der Waals surface area contributed by atoms with Crippen LogP contribution in [0.25, 0.3) is 0 Å². The number of carbonyl (C=O) groups is 2. The Morgan fingerprint density at radius 1 is 1.20 bits per heavy atom. The summed E-state index contributed by atoms with van der Waals surface area (Å²) in [5.41, 5.74) is 6.64. The summed E-state index contributed by atoms with van der Waals surface area (Å²) >= 11 is 0. The van der Waals surface area contributed by atoms with Crippen LogP contribution in [0.5, 0.6) is 0 Å². The van der Waals surface area contributed by atoms with Crippen molar-refractivity contribution in [2.75, 3.05) is 18.9 Å². The number of benzene rings is 1. The van der Waals surface area contributed by atoms with E-state index in [0.29, 0.717) is 17.8 Å². The molecule has 0 heterocycles. The number of nitrogens with two attached hydrogens (primary N) is 1. The Hall–Kier alpha value is -1.88. The van der Waals surface area contributed by atoms with E-state index in [0.717, 1.165) is 25.7 Å². The van der Waals surface area contributed by atoms with Gasteiger partial charge in [0.1, 0.15) is 0 Å². The molecule has 20 heavy (non-hydrogen) atoms. The molecule has 1 fully saturated rings. The number of nitrogens with one attached hydrogen (secondary N) is 2. The maximum Gasteiger partial charge on any atom is 0.251 e. The van der Waals surface area contributed by atoms with Gasteiger partial charge in [0, 0.05) is 24.8 Å². The Morgan fingerprint density at radius 2 is 1.80 bits per heavy atom. The van der Waals surface area contributed by atoms with Crippen LogP contribution in [0.2, 0.25) is 0 Å². The van der Waals surface area contributed by atoms with Crippen LogP contribution in [0.4, 0.5) is 5.69 Å². The van der Waals surface area contributed by atoms with E-state index in [2.05, 4.69) is 10.6 Å². The normalized spacial score (nSPS) is 16.7. The van der Waals surface area contributed by atoms with Gasteiger partial charge in [-0.1, -0.05) is 12.8 Å². The zero-order valence-corrected chi connectivity index (χ0v) is 11.7. The highest BCUT2D eigenvalue weighted by Gasteiger charge is 2.39. The van der Waals surface area contributed by atoms with E-state index in [-0.39, 0.29) is 11.8 Å². The van der Waals surface area contributed by atoms with E-state index in [1.165, 1.54) is 0 Å². The van der Waals surface area contributed by atoms with Crippen LogP contribution >= 0.6 is 0 Å². The quantitative estimate of drug-likeness (QED) is 0.778. The summed E-state index contributed by atoms with van der Waals surface area (Å²) in [4.78, 5) is 23.8. The van der Waals surface area contributed by atoms with Crippen LogP contribution in [0.3, 0.4) is 0 Å². The molecule has 4 N–H and O–H groups in total. The average Bonchev–Trinajstić information content (AvgIpc) is 2.97. The minimum absolute atomic E-state index is 0.00908. The smallest absolute Gasteiger partial charge is 0.251 e. The first-order valence-electron chi connectivity index (χ1n) is 6.95. The maximum atomic E-state index is 12.4. The molecule has 1 aliphatic carbocycles. The third kappa shape index (κ3) is 2.82. The number of hydrogen-bond acceptors (Lipinski definition) is 3. The second-order valence-electron chi connectivity index (χ2n) is 5.30. The standard InChI is InChI=1S/C15H21N3O2/c1-17-13(19)11-4-6-12(7-5-11)18-14(20)15(10-16)8-2-3-9-15/h4-7H,2-3,8-10,16H2,1H3,(H,17,19)(H,18,20). The summed E-state index contributed by atoms with van der Waals surface area (Å²) in [5, 5.41) is 5.47. The highest BCUT2D eigenvalue weighted by atomic mass is 16.2. The van der Waals surface area contributed by atoms with Crippen molar-refractivity contribution in [3.63, 3.8) is 0 Å². The lowest BCUT2D eigenvalue weighted by Crippen LogP contribution is -2.40. The molecule has 1 aromatic rings. The minimum Gasteiger partial charge on any atom is -0.355 e. The molecule has 5 heteroatoms. The molecule has 0 spiro atoms. The van der Waals surface area contributed by atoms with Crippen LogP contribution < -0.4 is 16.4 Å². The van der Waals surface area contributed by atoms with Crippen molar-refractivity contribution in [3.8, 4) is 0 Å². The fraction of sp³-hybridized carbons (Fsp3) is 0.467. The Morgan fingerprint density at radius 3 is 2.30 bits per heavy atom. The summed E-state index contributed by atoms with van der Waals surface area (Å²) in [7, 11) is 1.59. The van der Waals surface area contributed by atoms with Gasteiger partial charge in [-0.2, -0.15) is 0 Å². The predicted octanol–water partition coefficient (Wildman–Crippen LogP) is 1.50. The van der Waals surface area contributed by atoms with Crippen molar-refractivity contribution in [1.82, 2.24) is 5.32 Å². The van der Waals surface area contributed by atoms with Crippen molar-refractivity contribution in [3.05, 3.63) is 29.8 Å². The Balaban J connectivity index is 2.06. The summed E-state index contributed by atoms with van der Waals surface area (Å²) in [6.07, 6.45) is 3.82. The zero-order valence-electron chi connectivity index (χ0n) is 11.7. The molecular formula is C15H21N3O2. The molecule has 5 nitrogen and oxygen atoms in total. The van der Waals surface area contributed by atoms with Crippen LogP contribution in [-0.4, -0.2) is 25.4 Å². The molecule has 2 rings (SSSR count). The van der Waals surface area contributed by atoms with E-state index in [9.17, 15) is 9.59 Å². The second kappa shape index (κ2) is 6.05. The molecule has 1 aromatic carbocycles. The van der Waals surface area contributed by atoms with Gasteiger partial charge in [-0.15, -0.1) is 0 Å². The molecule has 1 aliphatic rings. The summed E-state index contributed by atoms with van der Waals surface area (Å²) in [6.45, 7) is 0.384. The molecule has 0 atom stereocenters. The fourth-order valence-electron chi connectivity index (χ4n) is 2.69. The lowest BCUT2D eigenvalue weighted by atomic mass is 9.85. The first-order valence-corrected chi connectivity index (χ1v) is 6.95. The summed E-state index contributed by atoms with van der Waals surface area (Å²) < 4.78 is 0. The fourth-order valence-corrected chi connectivity index (χ4v) is 2.69. The van der Waals surface area contributed by atoms with E-state index in [1.54, 1.807) is 31.3 Å². The predicted molar refractivity (Wildman–Crippen MR) is 78.4 cm³/mol. The average molecular weight is 275 g/mol. The van der Waals surface area contributed by atoms with Gasteiger partial charge in [0.05, 0.1) is 5.41 Å². The molecule has 0 aromatic heterocycles. The lowest BCUT2D eigenvalue weighted by Gasteiger charge is -2.25. The highest BCUT2D eigenvalue weighted by molar-refractivity contribution is 5.97. The van der Waals surface area contributed by atoms with Gasteiger partial charge in [-0.05, 0) is 37.1 Å². The monoisotopic (exact) mass is 275 g/mol. The molecule has 1 saturated carbocycles. The number of carbonyl (C=O) groups excluding carboxylic acids is 2. The molecule has 0 aliphatic heterocycles. The van der Waals surface area contributed by atoms with Crippen molar-refractivity contribution in [2.45, 2.75) is 25.7 Å². The van der Waals surface area contributed by atoms with Gasteiger partial charge in [0.15, 0.2) is 0 Å². The Kier molecular flexibility index (Phi) is 4.39. The van der Waals surface area contributed by atoms with E-state index in [1.807, 2.05) is 0 Å². The molecule has 0 unspecified atom stereocenters. The zero-order chi connectivity index (χ0) is 14.6. The highest BCUT2D eigenvalue weighted by Crippen LogP contribution is 2.38. The van der Waals surface area contributed by atoms with E-state index < -0.39 is 5.41 Å². The van der Waals surface area contributed by atoms with Crippen LogP contribution in [0.1, 0.15) is 36.0 Å². The second-order valence-corrected chi connectivity index (χ2v) is 5.30. The molecule has 0 bridgehead atoms. The molecule has 0 saturated heterocycles. The van der Waals surface area contributed by atoms with Crippen LogP contribution in [0.15, 0.2) is 24.3 Å². The number of hydrogen-bond donors (Lipinski definition) is 3. The summed E-state index contributed by atoms with van der Waals surface area (Å²) in [5.74, 6) is -0.151. The topological polar surface area (TPSA) is 84.2 Å². The largest absolute Gasteiger partial charge is 0.355 e. The van der Waals surface area contributed by atoms with Gasteiger partial charge >= 0.3 is 0 Å². The Labute approximate surface area is 118 Å². The third-order valence-corrected chi connectivity index (χ3v) is 4.07. The molecule has 2 amide bonds. The molecule has 0 radical (unpaired) electrons. The van der Waals surface area contributed by atoms with E-state index >= 15 is 0 Å². The van der Waals surface area contributed by atoms with Gasteiger partial charge < -0.3 is 16.4 Å². The van der Waals surface area contributed by atoms with Crippen molar-refractivity contribution >= 4 is 17.5 Å². The molecular weight excluding hydrogens is 254 g/mol. The first kappa shape index (κ1) is 14.5. The van der Waals surface area contributed by atoms with Crippen molar-refractivity contribution in [1.29, 1.82) is 0 Å². The van der Waals surface area contributed by atoms with Crippen LogP contribution in [0, 0.1) is 5.41 Å². The Bertz CT molecular complexity index is 490.